The molecule has 0 aliphatic rings. The maximum atomic E-state index is 12.4. The number of aromatic nitrogens is 1. The summed E-state index contributed by atoms with van der Waals surface area (Å²) in [6, 6.07) is 14.2. The fourth-order valence-corrected chi connectivity index (χ4v) is 3.30. The Kier molecular flexibility index (Phi) is 7.44. The van der Waals surface area contributed by atoms with Gasteiger partial charge in [0, 0.05) is 24.1 Å². The average Bonchev–Trinajstić information content (AvgIpc) is 2.79. The largest absolute Gasteiger partial charge is 0.494 e. The number of hydrogen-bond donors (Lipinski definition) is 2. The van der Waals surface area contributed by atoms with E-state index < -0.39 is 0 Å². The smallest absolute Gasteiger partial charge is 0.262 e. The van der Waals surface area contributed by atoms with E-state index in [0.29, 0.717) is 34.4 Å². The van der Waals surface area contributed by atoms with Gasteiger partial charge in [-0.3, -0.25) is 14.6 Å². The van der Waals surface area contributed by atoms with Crippen LogP contribution >= 0.6 is 0 Å². The van der Waals surface area contributed by atoms with Crippen LogP contribution in [0.2, 0.25) is 0 Å². The van der Waals surface area contributed by atoms with Crippen LogP contribution in [-0.2, 0) is 4.79 Å². The van der Waals surface area contributed by atoms with Crippen molar-refractivity contribution in [2.45, 2.75) is 26.7 Å². The van der Waals surface area contributed by atoms with Crippen LogP contribution in [0, 0.1) is 6.92 Å². The molecule has 3 aromatic rings. The molecule has 32 heavy (non-hydrogen) atoms. The second-order valence-corrected chi connectivity index (χ2v) is 7.62. The maximum Gasteiger partial charge on any atom is 0.262 e. The quantitative estimate of drug-likeness (QED) is 0.533. The number of nitrogens with zero attached hydrogens (tertiary/aromatic N) is 1. The van der Waals surface area contributed by atoms with Crippen molar-refractivity contribution < 1.29 is 19.1 Å². The summed E-state index contributed by atoms with van der Waals surface area (Å²) in [6.45, 7) is 6.19. The molecular formula is C25H27N3O4. The van der Waals surface area contributed by atoms with Crippen LogP contribution in [0.15, 0.2) is 60.9 Å². The number of carbonyl (C=O) groups is 2. The number of amides is 2. The number of rotatable bonds is 8. The number of aryl methyl sites for hydroxylation is 1. The molecule has 0 fully saturated rings. The van der Waals surface area contributed by atoms with Crippen LogP contribution in [0.4, 0.5) is 11.4 Å². The molecule has 1 heterocycles. The summed E-state index contributed by atoms with van der Waals surface area (Å²) in [5.74, 6) is 0.888. The lowest BCUT2D eigenvalue weighted by Gasteiger charge is -2.14. The molecule has 7 heteroatoms. The molecule has 2 aromatic carbocycles. The predicted molar refractivity (Wildman–Crippen MR) is 125 cm³/mol. The van der Waals surface area contributed by atoms with Gasteiger partial charge in [-0.15, -0.1) is 0 Å². The van der Waals surface area contributed by atoms with Crippen LogP contribution < -0.4 is 20.1 Å². The first-order valence-electron chi connectivity index (χ1n) is 10.3. The maximum absolute atomic E-state index is 12.4. The van der Waals surface area contributed by atoms with E-state index in [1.807, 2.05) is 25.1 Å². The lowest BCUT2D eigenvalue weighted by Crippen LogP contribution is -2.20. The zero-order chi connectivity index (χ0) is 23.1. The third-order valence-corrected chi connectivity index (χ3v) is 4.89. The molecule has 3 rings (SSSR count). The Bertz CT molecular complexity index is 1100. The molecule has 0 bridgehead atoms. The molecule has 166 valence electrons. The van der Waals surface area contributed by atoms with Crippen molar-refractivity contribution in [2.24, 2.45) is 0 Å². The molecule has 0 spiro atoms. The minimum absolute atomic E-state index is 0.123. The van der Waals surface area contributed by atoms with Crippen molar-refractivity contribution in [3.8, 4) is 11.5 Å². The molecule has 2 N–H and O–H groups in total. The lowest BCUT2D eigenvalue weighted by molar-refractivity contribution is -0.118. The lowest BCUT2D eigenvalue weighted by atomic mass is 9.98. The summed E-state index contributed by atoms with van der Waals surface area (Å²) < 4.78 is 11.0. The monoisotopic (exact) mass is 433 g/mol. The first-order chi connectivity index (χ1) is 15.4. The highest BCUT2D eigenvalue weighted by atomic mass is 16.5. The van der Waals surface area contributed by atoms with Crippen LogP contribution in [0.5, 0.6) is 11.5 Å². The third kappa shape index (κ3) is 5.85. The zero-order valence-electron chi connectivity index (χ0n) is 18.6. The Morgan fingerprint density at radius 3 is 2.53 bits per heavy atom. The van der Waals surface area contributed by atoms with Crippen molar-refractivity contribution in [1.82, 2.24) is 4.98 Å². The van der Waals surface area contributed by atoms with Gasteiger partial charge in [0.25, 0.3) is 11.8 Å². The number of hydrogen-bond acceptors (Lipinski definition) is 5. The number of ether oxygens (including phenoxy) is 2. The topological polar surface area (TPSA) is 89.5 Å². The number of nitrogens with one attached hydrogen (secondary N) is 2. The number of anilines is 2. The van der Waals surface area contributed by atoms with Gasteiger partial charge < -0.3 is 20.1 Å². The standard InChI is InChI=1S/C25H27N3O4/c1-16(2)21-9-8-20(12-17(21)3)32-15-24(29)27-19-7-10-22(23(13-19)31-4)28-25(30)18-6-5-11-26-14-18/h5-14,16H,15H2,1-4H3,(H,27,29)(H,28,30). The zero-order valence-corrected chi connectivity index (χ0v) is 18.6. The van der Waals surface area contributed by atoms with Gasteiger partial charge in [0.1, 0.15) is 11.5 Å². The van der Waals surface area contributed by atoms with Crippen LogP contribution in [0.3, 0.4) is 0 Å². The van der Waals surface area contributed by atoms with Gasteiger partial charge in [-0.2, -0.15) is 0 Å². The highest BCUT2D eigenvalue weighted by Gasteiger charge is 2.12. The molecule has 7 nitrogen and oxygen atoms in total. The van der Waals surface area contributed by atoms with Gasteiger partial charge in [-0.05, 0) is 60.4 Å². The molecule has 0 atom stereocenters. The summed E-state index contributed by atoms with van der Waals surface area (Å²) >= 11 is 0. The highest BCUT2D eigenvalue weighted by molar-refractivity contribution is 6.05. The number of benzene rings is 2. The molecular weight excluding hydrogens is 406 g/mol. The summed E-state index contributed by atoms with van der Waals surface area (Å²) in [5.41, 5.74) is 3.83. The second-order valence-electron chi connectivity index (χ2n) is 7.62. The van der Waals surface area contributed by atoms with E-state index in [0.717, 1.165) is 5.56 Å². The first-order valence-corrected chi connectivity index (χ1v) is 10.3. The van der Waals surface area contributed by atoms with Gasteiger partial charge in [0.15, 0.2) is 6.61 Å². The Morgan fingerprint density at radius 2 is 1.88 bits per heavy atom. The third-order valence-electron chi connectivity index (χ3n) is 4.89. The minimum Gasteiger partial charge on any atom is -0.494 e. The summed E-state index contributed by atoms with van der Waals surface area (Å²) in [6.07, 6.45) is 3.08. The van der Waals surface area contributed by atoms with Crippen LogP contribution in [-0.4, -0.2) is 30.5 Å². The highest BCUT2D eigenvalue weighted by Crippen LogP contribution is 2.28. The van der Waals surface area contributed by atoms with Crippen molar-refractivity contribution in [2.75, 3.05) is 24.4 Å². The van der Waals surface area contributed by atoms with E-state index in [9.17, 15) is 9.59 Å². The SMILES string of the molecule is COc1cc(NC(=O)COc2ccc(C(C)C)c(C)c2)ccc1NC(=O)c1cccnc1. The van der Waals surface area contributed by atoms with Gasteiger partial charge >= 0.3 is 0 Å². The van der Waals surface area contributed by atoms with E-state index >= 15 is 0 Å². The molecule has 0 unspecified atom stereocenters. The molecule has 0 aliphatic carbocycles. The van der Waals surface area contributed by atoms with Crippen molar-refractivity contribution in [3.05, 3.63) is 77.6 Å². The number of pyridine rings is 1. The average molecular weight is 434 g/mol. The Morgan fingerprint density at radius 1 is 1.06 bits per heavy atom. The summed E-state index contributed by atoms with van der Waals surface area (Å²) in [4.78, 5) is 28.6. The van der Waals surface area contributed by atoms with Crippen molar-refractivity contribution in [1.29, 1.82) is 0 Å². The Labute approximate surface area is 187 Å². The number of carbonyl (C=O) groups excluding carboxylic acids is 2. The van der Waals surface area contributed by atoms with E-state index in [-0.39, 0.29) is 18.4 Å². The molecule has 2 amide bonds. The first kappa shape index (κ1) is 22.8. The molecule has 0 aliphatic heterocycles. The van der Waals surface area contributed by atoms with Crippen LogP contribution in [0.1, 0.15) is 41.3 Å². The predicted octanol–water partition coefficient (Wildman–Crippen LogP) is 4.79. The fourth-order valence-electron chi connectivity index (χ4n) is 3.30. The van der Waals surface area contributed by atoms with Gasteiger partial charge in [0.2, 0.25) is 0 Å². The second kappa shape index (κ2) is 10.4. The summed E-state index contributed by atoms with van der Waals surface area (Å²) in [5, 5.41) is 5.56. The van der Waals surface area contributed by atoms with E-state index in [1.54, 1.807) is 36.5 Å². The van der Waals surface area contributed by atoms with E-state index in [1.165, 1.54) is 18.9 Å². The van der Waals surface area contributed by atoms with Gasteiger partial charge in [-0.25, -0.2) is 0 Å². The Hall–Kier alpha value is -3.87. The van der Waals surface area contributed by atoms with E-state index in [4.69, 9.17) is 9.47 Å². The van der Waals surface area contributed by atoms with Crippen LogP contribution in [0.25, 0.3) is 0 Å². The molecule has 0 saturated carbocycles. The molecule has 0 saturated heterocycles. The van der Waals surface area contributed by atoms with Gasteiger partial charge in [-0.1, -0.05) is 19.9 Å². The van der Waals surface area contributed by atoms with E-state index in [2.05, 4.69) is 29.5 Å². The normalized spacial score (nSPS) is 10.5. The number of methoxy groups -OCH3 is 1. The Balaban J connectivity index is 1.60. The van der Waals surface area contributed by atoms with Gasteiger partial charge in [0.05, 0.1) is 18.4 Å². The molecule has 1 aromatic heterocycles. The molecule has 0 radical (unpaired) electrons. The van der Waals surface area contributed by atoms with Crippen molar-refractivity contribution >= 4 is 23.2 Å². The minimum atomic E-state index is -0.305. The fraction of sp³-hybridized carbons (Fsp3) is 0.240. The van der Waals surface area contributed by atoms with Crippen molar-refractivity contribution in [3.63, 3.8) is 0 Å². The summed E-state index contributed by atoms with van der Waals surface area (Å²) in [7, 11) is 1.49.